The lowest BCUT2D eigenvalue weighted by Gasteiger charge is -2.20. The Hall–Kier alpha value is -0.870. The fourth-order valence-corrected chi connectivity index (χ4v) is 1.49. The summed E-state index contributed by atoms with van der Waals surface area (Å²) >= 11 is 0. The smallest absolute Gasteiger partial charge is 0.0818 e. The van der Waals surface area contributed by atoms with Crippen molar-refractivity contribution >= 4 is 0 Å². The molecule has 0 aromatic carbocycles. The van der Waals surface area contributed by atoms with Crippen LogP contribution in [0, 0.1) is 0 Å². The lowest BCUT2D eigenvalue weighted by atomic mass is 10.1. The third kappa shape index (κ3) is 2.56. The zero-order valence-electron chi connectivity index (χ0n) is 9.10. The van der Waals surface area contributed by atoms with Crippen LogP contribution in [0.15, 0.2) is 12.3 Å². The average Bonchev–Trinajstić information content (AvgIpc) is 2.60. The standard InChI is InChI=1S/C10H19N3O/c1-4-9(14-5-2)10(11)8-6-7-13(3)12-8/h6-7,9-10H,4-5,11H2,1-3H3. The number of hydrogen-bond acceptors (Lipinski definition) is 3. The highest BCUT2D eigenvalue weighted by Gasteiger charge is 2.19. The Morgan fingerprint density at radius 3 is 2.71 bits per heavy atom. The SMILES string of the molecule is CCOC(CC)C(N)c1ccn(C)n1. The maximum absolute atomic E-state index is 6.05. The maximum Gasteiger partial charge on any atom is 0.0818 e. The Balaban J connectivity index is 2.66. The summed E-state index contributed by atoms with van der Waals surface area (Å²) in [4.78, 5) is 0. The number of rotatable bonds is 5. The van der Waals surface area contributed by atoms with Crippen molar-refractivity contribution in [2.75, 3.05) is 6.61 Å². The molecule has 0 saturated heterocycles. The molecule has 0 aliphatic rings. The molecule has 1 rings (SSSR count). The zero-order chi connectivity index (χ0) is 10.6. The van der Waals surface area contributed by atoms with Crippen LogP contribution in [0.3, 0.4) is 0 Å². The van der Waals surface area contributed by atoms with E-state index >= 15 is 0 Å². The van der Waals surface area contributed by atoms with Gasteiger partial charge in [-0.2, -0.15) is 5.10 Å². The van der Waals surface area contributed by atoms with Gasteiger partial charge in [-0.25, -0.2) is 0 Å². The predicted octanol–water partition coefficient (Wildman–Crippen LogP) is 1.24. The van der Waals surface area contributed by atoms with E-state index in [4.69, 9.17) is 10.5 Å². The highest BCUT2D eigenvalue weighted by atomic mass is 16.5. The Kier molecular flexibility index (Phi) is 4.10. The van der Waals surface area contributed by atoms with Gasteiger partial charge in [-0.15, -0.1) is 0 Å². The summed E-state index contributed by atoms with van der Waals surface area (Å²) in [7, 11) is 1.89. The monoisotopic (exact) mass is 197 g/mol. The Labute approximate surface area is 85.0 Å². The molecule has 2 N–H and O–H groups in total. The number of aryl methyl sites for hydroxylation is 1. The van der Waals surface area contributed by atoms with E-state index in [0.717, 1.165) is 12.1 Å². The van der Waals surface area contributed by atoms with Crippen molar-refractivity contribution in [3.05, 3.63) is 18.0 Å². The average molecular weight is 197 g/mol. The first-order valence-corrected chi connectivity index (χ1v) is 5.05. The van der Waals surface area contributed by atoms with Crippen molar-refractivity contribution in [1.29, 1.82) is 0 Å². The minimum Gasteiger partial charge on any atom is -0.376 e. The van der Waals surface area contributed by atoms with Crippen LogP contribution in [-0.2, 0) is 11.8 Å². The summed E-state index contributed by atoms with van der Waals surface area (Å²) in [6, 6.07) is 1.81. The molecule has 0 amide bonds. The van der Waals surface area contributed by atoms with Gasteiger partial charge in [-0.3, -0.25) is 4.68 Å². The molecule has 0 bridgehead atoms. The lowest BCUT2D eigenvalue weighted by molar-refractivity contribution is 0.0403. The molecule has 0 saturated carbocycles. The van der Waals surface area contributed by atoms with Gasteiger partial charge in [-0.1, -0.05) is 6.92 Å². The quantitative estimate of drug-likeness (QED) is 0.772. The molecule has 1 aromatic rings. The summed E-state index contributed by atoms with van der Waals surface area (Å²) in [6.45, 7) is 4.75. The Morgan fingerprint density at radius 1 is 1.57 bits per heavy atom. The van der Waals surface area contributed by atoms with Gasteiger partial charge in [0.1, 0.15) is 0 Å². The molecular weight excluding hydrogens is 178 g/mol. The number of nitrogens with zero attached hydrogens (tertiary/aromatic N) is 2. The third-order valence-electron chi connectivity index (χ3n) is 2.26. The minimum atomic E-state index is -0.124. The molecule has 2 unspecified atom stereocenters. The molecule has 2 atom stereocenters. The molecule has 4 heteroatoms. The van der Waals surface area contributed by atoms with E-state index in [1.165, 1.54) is 0 Å². The predicted molar refractivity (Wildman–Crippen MR) is 55.8 cm³/mol. The Bertz CT molecular complexity index is 272. The van der Waals surface area contributed by atoms with Gasteiger partial charge in [0.15, 0.2) is 0 Å². The second-order valence-electron chi connectivity index (χ2n) is 3.34. The van der Waals surface area contributed by atoms with Gasteiger partial charge < -0.3 is 10.5 Å². The molecule has 0 fully saturated rings. The van der Waals surface area contributed by atoms with Gasteiger partial charge >= 0.3 is 0 Å². The van der Waals surface area contributed by atoms with Crippen LogP contribution in [-0.4, -0.2) is 22.5 Å². The van der Waals surface area contributed by atoms with E-state index in [1.807, 2.05) is 26.2 Å². The summed E-state index contributed by atoms with van der Waals surface area (Å²) in [5.41, 5.74) is 6.94. The molecule has 0 radical (unpaired) electrons. The molecule has 0 aliphatic carbocycles. The van der Waals surface area contributed by atoms with Crippen LogP contribution >= 0.6 is 0 Å². The first-order chi connectivity index (χ1) is 6.69. The third-order valence-corrected chi connectivity index (χ3v) is 2.26. The largest absolute Gasteiger partial charge is 0.376 e. The van der Waals surface area contributed by atoms with Crippen molar-refractivity contribution in [2.45, 2.75) is 32.4 Å². The van der Waals surface area contributed by atoms with Crippen LogP contribution in [0.4, 0.5) is 0 Å². The van der Waals surface area contributed by atoms with E-state index < -0.39 is 0 Å². The normalized spacial score (nSPS) is 15.4. The molecule has 0 spiro atoms. The van der Waals surface area contributed by atoms with Gasteiger partial charge in [0.2, 0.25) is 0 Å². The molecular formula is C10H19N3O. The number of ether oxygens (including phenoxy) is 1. The summed E-state index contributed by atoms with van der Waals surface area (Å²) < 4.78 is 7.30. The van der Waals surface area contributed by atoms with Crippen molar-refractivity contribution in [3.63, 3.8) is 0 Å². The van der Waals surface area contributed by atoms with Gasteiger partial charge in [0.05, 0.1) is 17.8 Å². The first kappa shape index (κ1) is 11.2. The molecule has 1 heterocycles. The molecule has 4 nitrogen and oxygen atoms in total. The highest BCUT2D eigenvalue weighted by molar-refractivity contribution is 5.06. The fraction of sp³-hybridized carbons (Fsp3) is 0.700. The van der Waals surface area contributed by atoms with Crippen LogP contribution in [0.5, 0.6) is 0 Å². The second-order valence-corrected chi connectivity index (χ2v) is 3.34. The number of nitrogens with two attached hydrogens (primary N) is 1. The topological polar surface area (TPSA) is 53.1 Å². The van der Waals surface area contributed by atoms with Crippen LogP contribution in [0.1, 0.15) is 32.0 Å². The van der Waals surface area contributed by atoms with Gasteiger partial charge in [0, 0.05) is 19.9 Å². The van der Waals surface area contributed by atoms with E-state index in [1.54, 1.807) is 4.68 Å². The number of hydrogen-bond donors (Lipinski definition) is 1. The number of aromatic nitrogens is 2. The highest BCUT2D eigenvalue weighted by Crippen LogP contribution is 2.16. The van der Waals surface area contributed by atoms with Crippen molar-refractivity contribution in [3.8, 4) is 0 Å². The fourth-order valence-electron chi connectivity index (χ4n) is 1.49. The van der Waals surface area contributed by atoms with E-state index in [2.05, 4.69) is 12.0 Å². The lowest BCUT2D eigenvalue weighted by Crippen LogP contribution is -2.29. The maximum atomic E-state index is 6.05. The van der Waals surface area contributed by atoms with Gasteiger partial charge in [-0.05, 0) is 19.4 Å². The molecule has 1 aromatic heterocycles. The van der Waals surface area contributed by atoms with Crippen LogP contribution < -0.4 is 5.73 Å². The zero-order valence-corrected chi connectivity index (χ0v) is 9.10. The van der Waals surface area contributed by atoms with E-state index in [0.29, 0.717) is 6.61 Å². The molecule has 80 valence electrons. The van der Waals surface area contributed by atoms with Crippen molar-refractivity contribution in [2.24, 2.45) is 12.8 Å². The second kappa shape index (κ2) is 5.12. The van der Waals surface area contributed by atoms with Crippen LogP contribution in [0.2, 0.25) is 0 Å². The summed E-state index contributed by atoms with van der Waals surface area (Å²) in [5.74, 6) is 0. The van der Waals surface area contributed by atoms with E-state index in [9.17, 15) is 0 Å². The van der Waals surface area contributed by atoms with Crippen LogP contribution in [0.25, 0.3) is 0 Å². The molecule has 0 aliphatic heterocycles. The minimum absolute atomic E-state index is 0.0647. The molecule has 14 heavy (non-hydrogen) atoms. The van der Waals surface area contributed by atoms with Crippen molar-refractivity contribution in [1.82, 2.24) is 9.78 Å². The van der Waals surface area contributed by atoms with Crippen molar-refractivity contribution < 1.29 is 4.74 Å². The first-order valence-electron chi connectivity index (χ1n) is 5.05. The summed E-state index contributed by atoms with van der Waals surface area (Å²) in [6.07, 6.45) is 2.87. The van der Waals surface area contributed by atoms with Gasteiger partial charge in [0.25, 0.3) is 0 Å². The Morgan fingerprint density at radius 2 is 2.29 bits per heavy atom. The van der Waals surface area contributed by atoms with E-state index in [-0.39, 0.29) is 12.1 Å². The summed E-state index contributed by atoms with van der Waals surface area (Å²) in [5, 5.41) is 4.27.